The van der Waals surface area contributed by atoms with Crippen molar-refractivity contribution < 1.29 is 19.4 Å². The van der Waals surface area contributed by atoms with E-state index in [9.17, 15) is 14.7 Å². The molecule has 2 bridgehead atoms. The summed E-state index contributed by atoms with van der Waals surface area (Å²) in [5.74, 6) is -1.86. The Hall–Kier alpha value is -2.10. The summed E-state index contributed by atoms with van der Waals surface area (Å²) >= 11 is 0. The average Bonchev–Trinajstić information content (AvgIpc) is 2.94. The lowest BCUT2D eigenvalue weighted by Crippen LogP contribution is -2.19. The molecule has 1 aromatic carbocycles. The number of rotatable bonds is 2. The van der Waals surface area contributed by atoms with Gasteiger partial charge in [0.2, 0.25) is 5.76 Å². The number of allylic oxidation sites excluding steroid dienone is 1. The first-order chi connectivity index (χ1) is 9.15. The van der Waals surface area contributed by atoms with E-state index in [2.05, 4.69) is 0 Å². The zero-order chi connectivity index (χ0) is 13.6. The number of carbonyl (C=O) groups is 2. The number of hydrogen-bond acceptors (Lipinski definition) is 4. The Morgan fingerprint density at radius 2 is 1.95 bits per heavy atom. The van der Waals surface area contributed by atoms with Gasteiger partial charge >= 0.3 is 5.97 Å². The van der Waals surface area contributed by atoms with Gasteiger partial charge in [0.15, 0.2) is 5.78 Å². The topological polar surface area (TPSA) is 63.6 Å². The molecule has 1 N–H and O–H groups in total. The summed E-state index contributed by atoms with van der Waals surface area (Å²) in [5, 5.41) is 9.95. The van der Waals surface area contributed by atoms with E-state index in [1.165, 1.54) is 0 Å². The maximum absolute atomic E-state index is 12.3. The molecule has 0 aliphatic heterocycles. The summed E-state index contributed by atoms with van der Waals surface area (Å²) in [5.41, 5.74) is 2.29. The third-order valence-electron chi connectivity index (χ3n) is 3.87. The van der Waals surface area contributed by atoms with Crippen molar-refractivity contribution >= 4 is 11.8 Å². The molecule has 0 saturated heterocycles. The second-order valence-corrected chi connectivity index (χ2v) is 4.82. The zero-order valence-electron chi connectivity index (χ0n) is 10.6. The predicted molar refractivity (Wildman–Crippen MR) is 67.8 cm³/mol. The largest absolute Gasteiger partial charge is 0.502 e. The Labute approximate surface area is 110 Å². The number of ketones is 1. The van der Waals surface area contributed by atoms with Crippen LogP contribution in [-0.2, 0) is 14.3 Å². The van der Waals surface area contributed by atoms with Gasteiger partial charge in [-0.25, -0.2) is 4.79 Å². The lowest BCUT2D eigenvalue weighted by atomic mass is 9.86. The summed E-state index contributed by atoms with van der Waals surface area (Å²) in [6.45, 7) is 1.84. The van der Waals surface area contributed by atoms with E-state index in [0.29, 0.717) is 6.42 Å². The average molecular weight is 258 g/mol. The van der Waals surface area contributed by atoms with Gasteiger partial charge < -0.3 is 9.84 Å². The number of aliphatic hydroxyl groups excluding tert-OH is 1. The number of Topliss-reactive ketones (excluding diaryl/α,β-unsaturated/α-hetero) is 1. The van der Waals surface area contributed by atoms with Crippen molar-refractivity contribution in [1.82, 2.24) is 0 Å². The molecule has 0 heterocycles. The number of ether oxygens (including phenoxy) is 1. The number of esters is 1. The van der Waals surface area contributed by atoms with Gasteiger partial charge in [-0.15, -0.1) is 0 Å². The predicted octanol–water partition coefficient (Wildman–Crippen LogP) is 2.22. The molecule has 4 heteroatoms. The monoisotopic (exact) mass is 258 g/mol. The Morgan fingerprint density at radius 3 is 2.58 bits per heavy atom. The van der Waals surface area contributed by atoms with Gasteiger partial charge in [0.1, 0.15) is 0 Å². The second kappa shape index (κ2) is 4.23. The molecule has 2 aliphatic carbocycles. The summed E-state index contributed by atoms with van der Waals surface area (Å²) < 4.78 is 4.76. The number of aliphatic hydroxyl groups is 1. The van der Waals surface area contributed by atoms with E-state index in [-0.39, 0.29) is 29.8 Å². The fourth-order valence-electron chi connectivity index (χ4n) is 3.11. The number of benzene rings is 1. The van der Waals surface area contributed by atoms with Crippen LogP contribution in [0.4, 0.5) is 0 Å². The van der Waals surface area contributed by atoms with Crippen LogP contribution in [0.5, 0.6) is 0 Å². The third kappa shape index (κ3) is 1.59. The molecule has 98 valence electrons. The molecule has 3 rings (SSSR count). The molecular formula is C15H14O4. The molecule has 4 nitrogen and oxygen atoms in total. The fraction of sp³-hybridized carbons (Fsp3) is 0.333. The van der Waals surface area contributed by atoms with E-state index in [4.69, 9.17) is 4.74 Å². The van der Waals surface area contributed by atoms with Gasteiger partial charge in [0.05, 0.1) is 12.2 Å². The van der Waals surface area contributed by atoms with Crippen molar-refractivity contribution in [2.24, 2.45) is 0 Å². The van der Waals surface area contributed by atoms with E-state index >= 15 is 0 Å². The van der Waals surface area contributed by atoms with Gasteiger partial charge in [-0.05, 0) is 24.5 Å². The van der Waals surface area contributed by atoms with Crippen LogP contribution in [0.3, 0.4) is 0 Å². The van der Waals surface area contributed by atoms with E-state index < -0.39 is 11.7 Å². The molecule has 1 fully saturated rings. The molecule has 19 heavy (non-hydrogen) atoms. The SMILES string of the molecule is CCOC(=O)/C(O)=C1/C(=O)C2CC1c1ccccc12. The molecule has 1 aromatic rings. The minimum absolute atomic E-state index is 0.144. The van der Waals surface area contributed by atoms with Crippen LogP contribution in [0, 0.1) is 0 Å². The normalized spacial score (nSPS) is 26.3. The first-order valence-electron chi connectivity index (χ1n) is 6.38. The second-order valence-electron chi connectivity index (χ2n) is 4.82. The number of carbonyl (C=O) groups excluding carboxylic acids is 2. The van der Waals surface area contributed by atoms with Crippen LogP contribution in [0.2, 0.25) is 0 Å². The molecule has 2 atom stereocenters. The molecule has 2 unspecified atom stereocenters. The van der Waals surface area contributed by atoms with Crippen molar-refractivity contribution in [3.8, 4) is 0 Å². The van der Waals surface area contributed by atoms with Gasteiger partial charge in [0, 0.05) is 11.8 Å². The molecule has 0 aromatic heterocycles. The summed E-state index contributed by atoms with van der Waals surface area (Å²) in [6, 6.07) is 7.70. The van der Waals surface area contributed by atoms with E-state index in [1.807, 2.05) is 24.3 Å². The summed E-state index contributed by atoms with van der Waals surface area (Å²) in [6.07, 6.45) is 0.650. The minimum Gasteiger partial charge on any atom is -0.502 e. The van der Waals surface area contributed by atoms with Crippen LogP contribution >= 0.6 is 0 Å². The van der Waals surface area contributed by atoms with Crippen molar-refractivity contribution in [1.29, 1.82) is 0 Å². The van der Waals surface area contributed by atoms with Gasteiger partial charge in [-0.3, -0.25) is 4.79 Å². The Kier molecular flexibility index (Phi) is 2.66. The van der Waals surface area contributed by atoms with Gasteiger partial charge in [0.25, 0.3) is 0 Å². The number of hydrogen-bond donors (Lipinski definition) is 1. The highest BCUT2D eigenvalue weighted by molar-refractivity contribution is 6.11. The summed E-state index contributed by atoms with van der Waals surface area (Å²) in [7, 11) is 0. The van der Waals surface area contributed by atoms with E-state index in [1.54, 1.807) is 6.92 Å². The highest BCUT2D eigenvalue weighted by atomic mass is 16.5. The maximum atomic E-state index is 12.3. The third-order valence-corrected chi connectivity index (χ3v) is 3.87. The van der Waals surface area contributed by atoms with Crippen molar-refractivity contribution in [2.45, 2.75) is 25.2 Å². The van der Waals surface area contributed by atoms with Crippen molar-refractivity contribution in [3.63, 3.8) is 0 Å². The Morgan fingerprint density at radius 1 is 1.32 bits per heavy atom. The molecular weight excluding hydrogens is 244 g/mol. The quantitative estimate of drug-likeness (QED) is 0.502. The van der Waals surface area contributed by atoms with Crippen molar-refractivity contribution in [3.05, 3.63) is 46.7 Å². The van der Waals surface area contributed by atoms with Crippen LogP contribution in [0.1, 0.15) is 36.3 Å². The highest BCUT2D eigenvalue weighted by Gasteiger charge is 2.49. The standard InChI is InChI=1S/C15H14O4/c1-2-19-15(18)14(17)12-10-7-11(13(12)16)9-6-4-3-5-8(9)10/h3-6,10-11,17H,2,7H2,1H3/b14-12-. The Bertz CT molecular complexity index is 600. The Balaban J connectivity index is 2.06. The fourth-order valence-corrected chi connectivity index (χ4v) is 3.11. The summed E-state index contributed by atoms with van der Waals surface area (Å²) in [4.78, 5) is 23.8. The molecule has 0 spiro atoms. The first kappa shape index (κ1) is 12.0. The molecule has 0 radical (unpaired) electrons. The van der Waals surface area contributed by atoms with Gasteiger partial charge in [-0.2, -0.15) is 0 Å². The first-order valence-corrected chi connectivity index (χ1v) is 6.38. The van der Waals surface area contributed by atoms with Gasteiger partial charge in [-0.1, -0.05) is 24.3 Å². The molecule has 1 saturated carbocycles. The zero-order valence-corrected chi connectivity index (χ0v) is 10.6. The van der Waals surface area contributed by atoms with Crippen LogP contribution in [0.25, 0.3) is 0 Å². The van der Waals surface area contributed by atoms with Crippen LogP contribution in [0.15, 0.2) is 35.6 Å². The van der Waals surface area contributed by atoms with Crippen LogP contribution in [-0.4, -0.2) is 23.5 Å². The number of fused-ring (bicyclic) bond motifs is 5. The highest BCUT2D eigenvalue weighted by Crippen LogP contribution is 2.54. The lowest BCUT2D eigenvalue weighted by molar-refractivity contribution is -0.142. The maximum Gasteiger partial charge on any atom is 0.373 e. The van der Waals surface area contributed by atoms with E-state index in [0.717, 1.165) is 11.1 Å². The van der Waals surface area contributed by atoms with Crippen LogP contribution < -0.4 is 0 Å². The minimum atomic E-state index is -0.809. The molecule has 2 aliphatic rings. The smallest absolute Gasteiger partial charge is 0.373 e. The lowest BCUT2D eigenvalue weighted by Gasteiger charge is -2.17. The van der Waals surface area contributed by atoms with Crippen molar-refractivity contribution in [2.75, 3.05) is 6.61 Å². The molecule has 0 amide bonds.